The zero-order valence-corrected chi connectivity index (χ0v) is 7.54. The molecule has 1 rings (SSSR count). The Hall–Kier alpha value is -1.23. The van der Waals surface area contributed by atoms with Crippen molar-refractivity contribution in [1.82, 2.24) is 0 Å². The molecule has 0 radical (unpaired) electrons. The van der Waals surface area contributed by atoms with Gasteiger partial charge in [-0.05, 0) is 25.3 Å². The van der Waals surface area contributed by atoms with Crippen LogP contribution in [0.1, 0.15) is 20.3 Å². The van der Waals surface area contributed by atoms with E-state index in [-0.39, 0.29) is 5.92 Å². The van der Waals surface area contributed by atoms with E-state index in [2.05, 4.69) is 19.9 Å². The van der Waals surface area contributed by atoms with Gasteiger partial charge < -0.3 is 5.73 Å². The van der Waals surface area contributed by atoms with Crippen molar-refractivity contribution < 1.29 is 0 Å². The number of hydrogen-bond donors (Lipinski definition) is 1. The summed E-state index contributed by atoms with van der Waals surface area (Å²) in [5.41, 5.74) is 7.71. The Balaban J connectivity index is 2.87. The van der Waals surface area contributed by atoms with E-state index in [1.165, 1.54) is 5.57 Å². The quantitative estimate of drug-likeness (QED) is 0.592. The molecule has 0 aliphatic heterocycles. The SMILES string of the molecule is CC1=CC=C(N)C(C#N)CC1C. The van der Waals surface area contributed by atoms with Gasteiger partial charge in [0.1, 0.15) is 0 Å². The Morgan fingerprint density at radius 3 is 2.83 bits per heavy atom. The molecule has 2 nitrogen and oxygen atoms in total. The molecule has 0 aromatic heterocycles. The molecule has 0 aromatic carbocycles. The second-order valence-electron chi connectivity index (χ2n) is 3.40. The van der Waals surface area contributed by atoms with E-state index >= 15 is 0 Å². The summed E-state index contributed by atoms with van der Waals surface area (Å²) in [6, 6.07) is 2.22. The molecule has 2 atom stereocenters. The zero-order valence-electron chi connectivity index (χ0n) is 7.54. The summed E-state index contributed by atoms with van der Waals surface area (Å²) in [7, 11) is 0. The monoisotopic (exact) mass is 162 g/mol. The van der Waals surface area contributed by atoms with E-state index in [9.17, 15) is 0 Å². The number of allylic oxidation sites excluding steroid dienone is 4. The largest absolute Gasteiger partial charge is 0.401 e. The molecule has 0 spiro atoms. The molecular formula is C10H14N2. The third-order valence-corrected chi connectivity index (χ3v) is 2.46. The number of nitrogens with zero attached hydrogens (tertiary/aromatic N) is 1. The molecule has 2 heteroatoms. The molecule has 1 aliphatic carbocycles. The molecule has 2 unspecified atom stereocenters. The fraction of sp³-hybridized carbons (Fsp3) is 0.500. The van der Waals surface area contributed by atoms with Gasteiger partial charge in [0.15, 0.2) is 0 Å². The Labute approximate surface area is 73.4 Å². The first-order valence-electron chi connectivity index (χ1n) is 4.18. The fourth-order valence-electron chi connectivity index (χ4n) is 1.31. The fourth-order valence-corrected chi connectivity index (χ4v) is 1.31. The number of rotatable bonds is 0. The summed E-state index contributed by atoms with van der Waals surface area (Å²) >= 11 is 0. The van der Waals surface area contributed by atoms with Crippen LogP contribution in [0, 0.1) is 23.2 Å². The zero-order chi connectivity index (χ0) is 9.14. The van der Waals surface area contributed by atoms with E-state index < -0.39 is 0 Å². The lowest BCUT2D eigenvalue weighted by atomic mass is 9.92. The third kappa shape index (κ3) is 1.68. The van der Waals surface area contributed by atoms with Crippen molar-refractivity contribution in [1.29, 1.82) is 5.26 Å². The molecule has 0 bridgehead atoms. The maximum absolute atomic E-state index is 8.80. The summed E-state index contributed by atoms with van der Waals surface area (Å²) < 4.78 is 0. The van der Waals surface area contributed by atoms with Crippen LogP contribution in [0.2, 0.25) is 0 Å². The van der Waals surface area contributed by atoms with Crippen LogP contribution in [0.25, 0.3) is 0 Å². The first-order valence-corrected chi connectivity index (χ1v) is 4.18. The van der Waals surface area contributed by atoms with Crippen molar-refractivity contribution in [2.45, 2.75) is 20.3 Å². The van der Waals surface area contributed by atoms with Crippen molar-refractivity contribution in [3.63, 3.8) is 0 Å². The molecule has 0 saturated carbocycles. The Morgan fingerprint density at radius 2 is 2.25 bits per heavy atom. The van der Waals surface area contributed by atoms with Crippen LogP contribution in [0.4, 0.5) is 0 Å². The topological polar surface area (TPSA) is 49.8 Å². The molecule has 0 fully saturated rings. The third-order valence-electron chi connectivity index (χ3n) is 2.46. The van der Waals surface area contributed by atoms with E-state index in [4.69, 9.17) is 11.0 Å². The maximum Gasteiger partial charge on any atom is 0.0862 e. The predicted molar refractivity (Wildman–Crippen MR) is 48.9 cm³/mol. The molecule has 0 aromatic rings. The number of hydrogen-bond acceptors (Lipinski definition) is 2. The van der Waals surface area contributed by atoms with Gasteiger partial charge in [0.2, 0.25) is 0 Å². The van der Waals surface area contributed by atoms with Crippen LogP contribution in [-0.2, 0) is 0 Å². The highest BCUT2D eigenvalue weighted by Gasteiger charge is 2.17. The summed E-state index contributed by atoms with van der Waals surface area (Å²) in [5.74, 6) is 0.362. The molecule has 1 aliphatic rings. The molecule has 12 heavy (non-hydrogen) atoms. The van der Waals surface area contributed by atoms with Gasteiger partial charge >= 0.3 is 0 Å². The normalized spacial score (nSPS) is 29.8. The lowest BCUT2D eigenvalue weighted by Crippen LogP contribution is -2.12. The van der Waals surface area contributed by atoms with Crippen molar-refractivity contribution in [3.05, 3.63) is 23.4 Å². The maximum atomic E-state index is 8.80. The molecule has 0 amide bonds. The predicted octanol–water partition coefficient (Wildman–Crippen LogP) is 1.95. The van der Waals surface area contributed by atoms with E-state index in [1.807, 2.05) is 12.2 Å². The van der Waals surface area contributed by atoms with Crippen LogP contribution in [0.3, 0.4) is 0 Å². The van der Waals surface area contributed by atoms with Gasteiger partial charge in [-0.3, -0.25) is 0 Å². The second kappa shape index (κ2) is 3.44. The Kier molecular flexibility index (Phi) is 2.54. The summed E-state index contributed by atoms with van der Waals surface area (Å²) in [6.07, 6.45) is 4.71. The van der Waals surface area contributed by atoms with Crippen LogP contribution in [-0.4, -0.2) is 0 Å². The van der Waals surface area contributed by atoms with Crippen molar-refractivity contribution in [2.24, 2.45) is 17.6 Å². The highest BCUT2D eigenvalue weighted by Crippen LogP contribution is 2.25. The minimum Gasteiger partial charge on any atom is -0.401 e. The van der Waals surface area contributed by atoms with Gasteiger partial charge in [-0.2, -0.15) is 5.26 Å². The smallest absolute Gasteiger partial charge is 0.0862 e. The molecular weight excluding hydrogens is 148 g/mol. The minimum atomic E-state index is -0.103. The molecule has 0 heterocycles. The molecule has 0 saturated heterocycles. The van der Waals surface area contributed by atoms with Crippen LogP contribution >= 0.6 is 0 Å². The van der Waals surface area contributed by atoms with E-state index in [0.717, 1.165) is 6.42 Å². The van der Waals surface area contributed by atoms with Crippen LogP contribution < -0.4 is 5.73 Å². The van der Waals surface area contributed by atoms with Crippen molar-refractivity contribution in [3.8, 4) is 6.07 Å². The van der Waals surface area contributed by atoms with Gasteiger partial charge in [0.05, 0.1) is 12.0 Å². The van der Waals surface area contributed by atoms with Gasteiger partial charge in [0.25, 0.3) is 0 Å². The van der Waals surface area contributed by atoms with Gasteiger partial charge in [0, 0.05) is 5.70 Å². The second-order valence-corrected chi connectivity index (χ2v) is 3.40. The Bertz CT molecular complexity index is 268. The standard InChI is InChI=1S/C10H14N2/c1-7-3-4-10(12)9(6-11)5-8(7)2/h3-4,8-9H,5,12H2,1-2H3. The number of nitriles is 1. The first kappa shape index (κ1) is 8.86. The van der Waals surface area contributed by atoms with Crippen molar-refractivity contribution >= 4 is 0 Å². The average molecular weight is 162 g/mol. The lowest BCUT2D eigenvalue weighted by Gasteiger charge is -2.12. The van der Waals surface area contributed by atoms with Gasteiger partial charge in [-0.15, -0.1) is 0 Å². The lowest BCUT2D eigenvalue weighted by molar-refractivity contribution is 0.549. The first-order chi connectivity index (χ1) is 5.65. The van der Waals surface area contributed by atoms with E-state index in [1.54, 1.807) is 0 Å². The Morgan fingerprint density at radius 1 is 1.58 bits per heavy atom. The summed E-state index contributed by atoms with van der Waals surface area (Å²) in [6.45, 7) is 4.21. The van der Waals surface area contributed by atoms with E-state index in [0.29, 0.717) is 11.6 Å². The van der Waals surface area contributed by atoms with Gasteiger partial charge in [-0.25, -0.2) is 0 Å². The van der Waals surface area contributed by atoms with Crippen LogP contribution in [0.15, 0.2) is 23.4 Å². The molecule has 64 valence electrons. The molecule has 2 N–H and O–H groups in total. The van der Waals surface area contributed by atoms with Crippen molar-refractivity contribution in [2.75, 3.05) is 0 Å². The van der Waals surface area contributed by atoms with Gasteiger partial charge in [-0.1, -0.05) is 18.6 Å². The summed E-state index contributed by atoms with van der Waals surface area (Å²) in [4.78, 5) is 0. The highest BCUT2D eigenvalue weighted by molar-refractivity contribution is 5.24. The minimum absolute atomic E-state index is 0.103. The summed E-state index contributed by atoms with van der Waals surface area (Å²) in [5, 5.41) is 8.80. The number of nitrogens with two attached hydrogens (primary N) is 1. The van der Waals surface area contributed by atoms with Crippen LogP contribution in [0.5, 0.6) is 0 Å². The highest BCUT2D eigenvalue weighted by atomic mass is 14.6. The average Bonchev–Trinajstić information content (AvgIpc) is 2.18.